The average molecular weight is 397 g/mol. The first-order valence-electron chi connectivity index (χ1n) is 9.24. The van der Waals surface area contributed by atoms with Gasteiger partial charge in [0, 0.05) is 36.7 Å². The number of carbonyl (C=O) groups excluding carboxylic acids is 2. The Morgan fingerprint density at radius 3 is 2.52 bits per heavy atom. The fourth-order valence-electron chi connectivity index (χ4n) is 3.36. The van der Waals surface area contributed by atoms with Gasteiger partial charge in [-0.2, -0.15) is 0 Å². The normalized spacial score (nSPS) is 22.6. The summed E-state index contributed by atoms with van der Waals surface area (Å²) in [5, 5.41) is 30.9. The molecule has 3 rings (SSSR count). The zero-order valence-electron chi connectivity index (χ0n) is 16.0. The van der Waals surface area contributed by atoms with E-state index in [0.29, 0.717) is 5.56 Å². The van der Waals surface area contributed by atoms with Crippen molar-refractivity contribution in [3.63, 3.8) is 0 Å². The molecule has 0 spiro atoms. The Labute approximate surface area is 168 Å². The van der Waals surface area contributed by atoms with E-state index in [9.17, 15) is 14.7 Å². The van der Waals surface area contributed by atoms with Crippen LogP contribution in [0.5, 0.6) is 0 Å². The molecular weight excluding hydrogens is 374 g/mol. The quantitative estimate of drug-likeness (QED) is 0.246. The van der Waals surface area contributed by atoms with Gasteiger partial charge in [0.25, 0.3) is 11.8 Å². The topological polar surface area (TPSA) is 122 Å². The maximum atomic E-state index is 12.5. The van der Waals surface area contributed by atoms with Crippen LogP contribution < -0.4 is 10.8 Å². The fraction of sp³-hybridized carbons (Fsp3) is 0.429. The Balaban J connectivity index is 1.61. The van der Waals surface area contributed by atoms with Gasteiger partial charge >= 0.3 is 0 Å². The number of β-amino-alcohol motifs (C(OH)–C–C–N with tert-alkyl or cyclic N) is 1. The lowest BCUT2D eigenvalue weighted by Crippen LogP contribution is -2.73. The van der Waals surface area contributed by atoms with Gasteiger partial charge in [0.15, 0.2) is 0 Å². The molecule has 0 aromatic heterocycles. The lowest BCUT2D eigenvalue weighted by Gasteiger charge is -2.48. The zero-order chi connectivity index (χ0) is 21.0. The van der Waals surface area contributed by atoms with Crippen molar-refractivity contribution in [3.05, 3.63) is 35.4 Å². The third-order valence-electron chi connectivity index (χ3n) is 5.10. The van der Waals surface area contributed by atoms with E-state index in [1.165, 1.54) is 5.48 Å². The maximum Gasteiger partial charge on any atom is 0.269 e. The van der Waals surface area contributed by atoms with Crippen molar-refractivity contribution in [1.29, 1.82) is 0 Å². The van der Waals surface area contributed by atoms with E-state index in [4.69, 9.17) is 10.3 Å². The SMILES string of the molecule is CN1CC(O)(C(NC(=O)c2ccc(C#CC#C[C@@H]3C[C@H]3CO)cc2)C(=O)NO)C1. The Kier molecular flexibility index (Phi) is 6.21. The standard InChI is InChI=1S/C21H23N3O5/c1-24-12-21(28,13-24)18(20(27)23-29)22-19(26)15-8-6-14(7-9-15)4-2-3-5-16-10-17(16)11-25/h6-9,16-18,25,28-29H,10-13H2,1H3,(H,22,26)(H,23,27)/t16-,17+,18?/m1/s1. The Bertz CT molecular complexity index is 900. The molecule has 8 nitrogen and oxygen atoms in total. The number of likely N-dealkylation sites (tertiary alicyclic amines) is 1. The van der Waals surface area contributed by atoms with E-state index in [-0.39, 0.29) is 37.1 Å². The lowest BCUT2D eigenvalue weighted by atomic mass is 9.85. The smallest absolute Gasteiger partial charge is 0.269 e. The molecular formula is C21H23N3O5. The number of benzene rings is 1. The van der Waals surface area contributed by atoms with Crippen LogP contribution in [-0.2, 0) is 4.79 Å². The second-order valence-electron chi connectivity index (χ2n) is 7.54. The molecule has 1 unspecified atom stereocenters. The number of carbonyl (C=O) groups is 2. The highest BCUT2D eigenvalue weighted by Crippen LogP contribution is 2.36. The minimum Gasteiger partial charge on any atom is -0.396 e. The fourth-order valence-corrected chi connectivity index (χ4v) is 3.36. The Hall–Kier alpha value is -2.88. The first-order valence-corrected chi connectivity index (χ1v) is 9.24. The van der Waals surface area contributed by atoms with Gasteiger partial charge in [-0.05, 0) is 55.5 Å². The molecule has 1 aromatic rings. The number of rotatable bonds is 5. The summed E-state index contributed by atoms with van der Waals surface area (Å²) < 4.78 is 0. The summed E-state index contributed by atoms with van der Waals surface area (Å²) in [6.07, 6.45) is 0.912. The third kappa shape index (κ3) is 4.94. The van der Waals surface area contributed by atoms with Crippen molar-refractivity contribution in [1.82, 2.24) is 15.7 Å². The molecule has 29 heavy (non-hydrogen) atoms. The predicted molar refractivity (Wildman–Crippen MR) is 103 cm³/mol. The van der Waals surface area contributed by atoms with Gasteiger partial charge < -0.3 is 20.4 Å². The summed E-state index contributed by atoms with van der Waals surface area (Å²) in [4.78, 5) is 26.2. The van der Waals surface area contributed by atoms with Crippen molar-refractivity contribution in [2.75, 3.05) is 26.7 Å². The molecule has 1 saturated carbocycles. The van der Waals surface area contributed by atoms with Crippen LogP contribution in [0.4, 0.5) is 0 Å². The van der Waals surface area contributed by atoms with E-state index in [1.807, 2.05) is 0 Å². The second kappa shape index (κ2) is 8.64. The summed E-state index contributed by atoms with van der Waals surface area (Å²) in [6.45, 7) is 0.549. The molecule has 2 fully saturated rings. The first-order chi connectivity index (χ1) is 13.9. The van der Waals surface area contributed by atoms with Crippen LogP contribution in [0, 0.1) is 35.5 Å². The monoisotopic (exact) mass is 397 g/mol. The number of hydrogen-bond acceptors (Lipinski definition) is 6. The molecule has 0 bridgehead atoms. The summed E-state index contributed by atoms with van der Waals surface area (Å²) in [7, 11) is 1.77. The van der Waals surface area contributed by atoms with Crippen LogP contribution in [0.25, 0.3) is 0 Å². The van der Waals surface area contributed by atoms with Gasteiger partial charge in [0.1, 0.15) is 11.6 Å². The molecule has 0 radical (unpaired) electrons. The lowest BCUT2D eigenvalue weighted by molar-refractivity contribution is -0.151. The van der Waals surface area contributed by atoms with E-state index in [0.717, 1.165) is 6.42 Å². The molecule has 1 aliphatic carbocycles. The number of nitrogens with one attached hydrogen (secondary N) is 2. The Morgan fingerprint density at radius 1 is 1.28 bits per heavy atom. The van der Waals surface area contributed by atoms with Crippen LogP contribution in [0.2, 0.25) is 0 Å². The van der Waals surface area contributed by atoms with Gasteiger partial charge in [-0.3, -0.25) is 14.8 Å². The maximum absolute atomic E-state index is 12.5. The number of amides is 2. The van der Waals surface area contributed by atoms with Crippen molar-refractivity contribution < 1.29 is 25.0 Å². The minimum absolute atomic E-state index is 0.158. The summed E-state index contributed by atoms with van der Waals surface area (Å²) in [6, 6.07) is 5.14. The molecule has 8 heteroatoms. The number of hydroxylamine groups is 1. The van der Waals surface area contributed by atoms with Gasteiger partial charge in [-0.25, -0.2) is 5.48 Å². The summed E-state index contributed by atoms with van der Waals surface area (Å²) in [5.74, 6) is 10.5. The van der Waals surface area contributed by atoms with Gasteiger partial charge in [0.05, 0.1) is 0 Å². The van der Waals surface area contributed by atoms with E-state index in [1.54, 1.807) is 36.2 Å². The van der Waals surface area contributed by atoms with Crippen molar-refractivity contribution in [2.24, 2.45) is 11.8 Å². The number of hydrogen-bond donors (Lipinski definition) is 5. The van der Waals surface area contributed by atoms with Gasteiger partial charge in [-0.1, -0.05) is 11.8 Å². The number of nitrogens with zero attached hydrogens (tertiary/aromatic N) is 1. The molecule has 1 saturated heterocycles. The second-order valence-corrected chi connectivity index (χ2v) is 7.54. The number of likely N-dealkylation sites (N-methyl/N-ethyl adjacent to an activating group) is 1. The minimum atomic E-state index is -1.45. The first kappa shape index (κ1) is 20.8. The van der Waals surface area contributed by atoms with Crippen molar-refractivity contribution in [3.8, 4) is 23.7 Å². The highest BCUT2D eigenvalue weighted by molar-refractivity contribution is 5.98. The average Bonchev–Trinajstić information content (AvgIpc) is 3.46. The van der Waals surface area contributed by atoms with Crippen LogP contribution in [-0.4, -0.2) is 70.5 Å². The molecule has 2 aliphatic rings. The summed E-state index contributed by atoms with van der Waals surface area (Å²) >= 11 is 0. The predicted octanol–water partition coefficient (Wildman–Crippen LogP) is -1.05. The van der Waals surface area contributed by atoms with Gasteiger partial charge in [0.2, 0.25) is 0 Å². The third-order valence-corrected chi connectivity index (χ3v) is 5.10. The number of aliphatic hydroxyl groups is 2. The molecule has 3 atom stereocenters. The zero-order valence-corrected chi connectivity index (χ0v) is 16.0. The van der Waals surface area contributed by atoms with Crippen molar-refractivity contribution >= 4 is 11.8 Å². The molecule has 152 valence electrons. The number of aliphatic hydroxyl groups excluding tert-OH is 1. The van der Waals surface area contributed by atoms with Crippen LogP contribution in [0.3, 0.4) is 0 Å². The van der Waals surface area contributed by atoms with E-state index >= 15 is 0 Å². The van der Waals surface area contributed by atoms with Gasteiger partial charge in [-0.15, -0.1) is 0 Å². The highest BCUT2D eigenvalue weighted by atomic mass is 16.5. The molecule has 2 amide bonds. The highest BCUT2D eigenvalue weighted by Gasteiger charge is 2.50. The molecule has 5 N–H and O–H groups in total. The summed E-state index contributed by atoms with van der Waals surface area (Å²) in [5.41, 5.74) is 1.01. The van der Waals surface area contributed by atoms with Crippen molar-refractivity contribution in [2.45, 2.75) is 18.1 Å². The van der Waals surface area contributed by atoms with Crippen LogP contribution in [0.1, 0.15) is 22.3 Å². The largest absolute Gasteiger partial charge is 0.396 e. The van der Waals surface area contributed by atoms with E-state index in [2.05, 4.69) is 29.0 Å². The molecule has 1 heterocycles. The Morgan fingerprint density at radius 2 is 1.97 bits per heavy atom. The van der Waals surface area contributed by atoms with Crippen LogP contribution in [0.15, 0.2) is 24.3 Å². The van der Waals surface area contributed by atoms with Crippen LogP contribution >= 0.6 is 0 Å². The molecule has 1 aromatic carbocycles. The van der Waals surface area contributed by atoms with E-state index < -0.39 is 23.5 Å². The molecule has 1 aliphatic heterocycles.